The molecule has 0 spiro atoms. The van der Waals surface area contributed by atoms with Gasteiger partial charge in [-0.05, 0) is 5.53 Å². The molecule has 0 amide bonds. The fraction of sp³-hybridized carbons (Fsp3) is 0.857. The van der Waals surface area contributed by atoms with Crippen LogP contribution >= 0.6 is 0 Å². The number of aliphatic hydroxyl groups is 1. The predicted molar refractivity (Wildman–Crippen MR) is 41.5 cm³/mol. The Labute approximate surface area is 74.1 Å². The predicted octanol–water partition coefficient (Wildman–Crippen LogP) is 0.362. The van der Waals surface area contributed by atoms with Crippen LogP contribution in [0.15, 0.2) is 5.11 Å². The van der Waals surface area contributed by atoms with Crippen LogP contribution < -0.4 is 0 Å². The van der Waals surface area contributed by atoms with E-state index in [0.717, 1.165) is 0 Å². The first-order valence-electron chi connectivity index (χ1n) is 4.14. The zero-order valence-electron chi connectivity index (χ0n) is 6.83. The second-order valence-corrected chi connectivity index (χ2v) is 3.39. The zero-order valence-corrected chi connectivity index (χ0v) is 6.83. The number of esters is 1. The molecule has 1 aliphatic heterocycles. The molecule has 0 unspecified atom stereocenters. The number of hydrogen-bond donors (Lipinski definition) is 1. The van der Waals surface area contributed by atoms with E-state index in [9.17, 15) is 9.90 Å². The van der Waals surface area contributed by atoms with Crippen LogP contribution in [0.2, 0.25) is 0 Å². The van der Waals surface area contributed by atoms with Crippen molar-refractivity contribution >= 4 is 5.97 Å². The average molecular weight is 183 g/mol. The van der Waals surface area contributed by atoms with Crippen molar-refractivity contribution in [2.75, 3.05) is 0 Å². The van der Waals surface area contributed by atoms with Crippen molar-refractivity contribution in [3.8, 4) is 0 Å². The lowest BCUT2D eigenvalue weighted by Gasteiger charge is -2.11. The van der Waals surface area contributed by atoms with Crippen LogP contribution in [0.3, 0.4) is 0 Å². The number of carbonyl (C=O) groups excluding carboxylic acids is 1. The Hall–Kier alpha value is -1.26. The minimum Gasteiger partial charge on any atom is -0.462 e. The van der Waals surface area contributed by atoms with Gasteiger partial charge < -0.3 is 9.84 Å². The first-order chi connectivity index (χ1) is 6.22. The average Bonchev–Trinajstić information content (AvgIpc) is 2.52. The van der Waals surface area contributed by atoms with E-state index < -0.39 is 12.1 Å². The summed E-state index contributed by atoms with van der Waals surface area (Å²) in [5.74, 6) is -0.390. The number of azide groups is 1. The number of nitrogens with zero attached hydrogens (tertiary/aromatic N) is 3. The van der Waals surface area contributed by atoms with Crippen molar-refractivity contribution in [2.24, 2.45) is 11.0 Å². The third kappa shape index (κ3) is 1.24. The second-order valence-electron chi connectivity index (χ2n) is 3.39. The van der Waals surface area contributed by atoms with Gasteiger partial charge in [0, 0.05) is 17.3 Å². The molecule has 0 bridgehead atoms. The second kappa shape index (κ2) is 2.90. The van der Waals surface area contributed by atoms with Crippen LogP contribution in [0.1, 0.15) is 12.8 Å². The van der Waals surface area contributed by atoms with Gasteiger partial charge in [0.2, 0.25) is 0 Å². The summed E-state index contributed by atoms with van der Waals surface area (Å²) < 4.78 is 4.95. The van der Waals surface area contributed by atoms with Crippen molar-refractivity contribution in [2.45, 2.75) is 31.1 Å². The Morgan fingerprint density at radius 3 is 3.15 bits per heavy atom. The summed E-state index contributed by atoms with van der Waals surface area (Å²) in [5, 5.41) is 12.9. The molecule has 70 valence electrons. The summed E-state index contributed by atoms with van der Waals surface area (Å²) in [6.45, 7) is 0. The molecule has 2 aliphatic rings. The van der Waals surface area contributed by atoms with Crippen LogP contribution in [-0.4, -0.2) is 29.3 Å². The molecular weight excluding hydrogens is 174 g/mol. The standard InChI is InChI=1S/C7H9N3O3/c8-10-9-7-3-1-6(12)13-5(3)2-4(7)11/h3-5,7,11H,1-2H2/t3-,4-,5-,7-/m1/s1. The van der Waals surface area contributed by atoms with Gasteiger partial charge >= 0.3 is 5.97 Å². The lowest BCUT2D eigenvalue weighted by Crippen LogP contribution is -2.23. The molecule has 2 fully saturated rings. The molecule has 0 aromatic carbocycles. The molecule has 1 saturated heterocycles. The van der Waals surface area contributed by atoms with Gasteiger partial charge in [0.05, 0.1) is 18.6 Å². The maximum Gasteiger partial charge on any atom is 0.306 e. The number of hydrogen-bond acceptors (Lipinski definition) is 4. The number of carbonyl (C=O) groups is 1. The van der Waals surface area contributed by atoms with Crippen LogP contribution in [0.25, 0.3) is 10.4 Å². The van der Waals surface area contributed by atoms with Gasteiger partial charge in [-0.15, -0.1) is 0 Å². The van der Waals surface area contributed by atoms with Gasteiger partial charge in [0.25, 0.3) is 0 Å². The summed E-state index contributed by atoms with van der Waals surface area (Å²) in [6.07, 6.45) is -0.275. The number of ether oxygens (including phenoxy) is 1. The molecule has 1 aliphatic carbocycles. The zero-order chi connectivity index (χ0) is 9.42. The minimum absolute atomic E-state index is 0.126. The monoisotopic (exact) mass is 183 g/mol. The maximum absolute atomic E-state index is 10.9. The Kier molecular flexibility index (Phi) is 1.86. The minimum atomic E-state index is -0.668. The van der Waals surface area contributed by atoms with Crippen LogP contribution in [-0.2, 0) is 9.53 Å². The molecule has 13 heavy (non-hydrogen) atoms. The first kappa shape index (κ1) is 8.34. The normalized spacial score (nSPS) is 42.4. The molecule has 2 rings (SSSR count). The Bertz CT molecular complexity index is 287. The summed E-state index contributed by atoms with van der Waals surface area (Å²) in [5.41, 5.74) is 8.25. The first-order valence-corrected chi connectivity index (χ1v) is 4.14. The highest BCUT2D eigenvalue weighted by Crippen LogP contribution is 2.38. The number of fused-ring (bicyclic) bond motifs is 1. The van der Waals surface area contributed by atoms with Crippen LogP contribution in [0, 0.1) is 5.92 Å². The molecule has 1 saturated carbocycles. The molecule has 0 aromatic rings. The summed E-state index contributed by atoms with van der Waals surface area (Å²) in [6, 6.07) is -0.499. The third-order valence-electron chi connectivity index (χ3n) is 2.65. The SMILES string of the molecule is [N-]=[N+]=N[C@@H]1[C@@H]2CC(=O)O[C@@H]2C[C@H]1O. The van der Waals surface area contributed by atoms with Gasteiger partial charge in [0.1, 0.15) is 6.10 Å². The lowest BCUT2D eigenvalue weighted by molar-refractivity contribution is -0.141. The van der Waals surface area contributed by atoms with Crippen molar-refractivity contribution in [3.05, 3.63) is 10.4 Å². The van der Waals surface area contributed by atoms with E-state index in [-0.39, 0.29) is 24.4 Å². The molecule has 1 N–H and O–H groups in total. The van der Waals surface area contributed by atoms with E-state index in [0.29, 0.717) is 6.42 Å². The Morgan fingerprint density at radius 2 is 2.46 bits per heavy atom. The van der Waals surface area contributed by atoms with E-state index >= 15 is 0 Å². The molecule has 6 nitrogen and oxygen atoms in total. The lowest BCUT2D eigenvalue weighted by atomic mass is 10.0. The van der Waals surface area contributed by atoms with Gasteiger partial charge in [0.15, 0.2) is 0 Å². The number of rotatable bonds is 1. The van der Waals surface area contributed by atoms with Gasteiger partial charge in [-0.25, -0.2) is 0 Å². The van der Waals surface area contributed by atoms with Crippen molar-refractivity contribution in [1.29, 1.82) is 0 Å². The van der Waals surface area contributed by atoms with Crippen molar-refractivity contribution < 1.29 is 14.6 Å². The van der Waals surface area contributed by atoms with Gasteiger partial charge in [-0.3, -0.25) is 4.79 Å². The van der Waals surface area contributed by atoms with E-state index in [2.05, 4.69) is 10.0 Å². The molecule has 0 aromatic heterocycles. The van der Waals surface area contributed by atoms with Gasteiger partial charge in [-0.2, -0.15) is 0 Å². The molecule has 4 atom stereocenters. The van der Waals surface area contributed by atoms with Crippen LogP contribution in [0.5, 0.6) is 0 Å². The maximum atomic E-state index is 10.9. The third-order valence-corrected chi connectivity index (χ3v) is 2.65. The largest absolute Gasteiger partial charge is 0.462 e. The highest BCUT2D eigenvalue weighted by molar-refractivity contribution is 5.72. The fourth-order valence-electron chi connectivity index (χ4n) is 2.08. The topological polar surface area (TPSA) is 95.3 Å². The molecule has 6 heteroatoms. The van der Waals surface area contributed by atoms with Gasteiger partial charge in [-0.1, -0.05) is 5.11 Å². The molecular formula is C7H9N3O3. The smallest absolute Gasteiger partial charge is 0.306 e. The quantitative estimate of drug-likeness (QED) is 0.275. The summed E-state index contributed by atoms with van der Waals surface area (Å²) in [7, 11) is 0. The van der Waals surface area contributed by atoms with Crippen LogP contribution in [0.4, 0.5) is 0 Å². The number of aliphatic hydroxyl groups excluding tert-OH is 1. The fourth-order valence-corrected chi connectivity index (χ4v) is 2.08. The molecule has 0 radical (unpaired) electrons. The van der Waals surface area contributed by atoms with E-state index in [1.807, 2.05) is 0 Å². The van der Waals surface area contributed by atoms with Crippen molar-refractivity contribution in [1.82, 2.24) is 0 Å². The highest BCUT2D eigenvalue weighted by Gasteiger charge is 2.49. The van der Waals surface area contributed by atoms with E-state index in [1.165, 1.54) is 0 Å². The summed E-state index contributed by atoms with van der Waals surface area (Å²) >= 11 is 0. The van der Waals surface area contributed by atoms with E-state index in [4.69, 9.17) is 10.3 Å². The van der Waals surface area contributed by atoms with E-state index in [1.54, 1.807) is 0 Å². The van der Waals surface area contributed by atoms with Crippen molar-refractivity contribution in [3.63, 3.8) is 0 Å². The molecule has 1 heterocycles. The summed E-state index contributed by atoms with van der Waals surface area (Å²) in [4.78, 5) is 13.5. The Morgan fingerprint density at radius 1 is 1.69 bits per heavy atom. The Balaban J connectivity index is 2.18. The highest BCUT2D eigenvalue weighted by atomic mass is 16.6.